The number of nitrogens with zero attached hydrogens (tertiary/aromatic N) is 2. The molecule has 4 nitrogen and oxygen atoms in total. The van der Waals surface area contributed by atoms with Crippen LogP contribution in [0.4, 0.5) is 0 Å². The monoisotopic (exact) mass is 396 g/mol. The van der Waals surface area contributed by atoms with Crippen molar-refractivity contribution < 1.29 is 9.90 Å². The van der Waals surface area contributed by atoms with Crippen LogP contribution in [-0.4, -0.2) is 21.0 Å². The van der Waals surface area contributed by atoms with E-state index in [1.54, 1.807) is 18.6 Å². The summed E-state index contributed by atoms with van der Waals surface area (Å²) in [6.07, 6.45) is 5.62. The van der Waals surface area contributed by atoms with E-state index in [0.29, 0.717) is 12.3 Å². The van der Waals surface area contributed by atoms with Gasteiger partial charge < -0.3 is 5.11 Å². The minimum Gasteiger partial charge on any atom is -0.481 e. The molecule has 150 valence electrons. The minimum atomic E-state index is -0.838. The van der Waals surface area contributed by atoms with Crippen LogP contribution in [0.15, 0.2) is 79.3 Å². The number of hydrogen-bond acceptors (Lipinski definition) is 3. The van der Waals surface area contributed by atoms with Crippen LogP contribution >= 0.6 is 0 Å². The fraction of sp³-hybridized carbons (Fsp3) is 0.192. The second-order valence-corrected chi connectivity index (χ2v) is 7.88. The van der Waals surface area contributed by atoms with Crippen molar-refractivity contribution in [2.75, 3.05) is 0 Å². The molecule has 4 aromatic rings. The third-order valence-electron chi connectivity index (χ3n) is 5.45. The Morgan fingerprint density at radius 1 is 0.967 bits per heavy atom. The highest BCUT2D eigenvalue weighted by Crippen LogP contribution is 2.33. The topological polar surface area (TPSA) is 63.1 Å². The summed E-state index contributed by atoms with van der Waals surface area (Å²) in [6.45, 7) is 4.35. The van der Waals surface area contributed by atoms with Crippen LogP contribution in [0.3, 0.4) is 0 Å². The maximum atomic E-state index is 12.1. The first-order valence-corrected chi connectivity index (χ1v) is 10.1. The molecule has 30 heavy (non-hydrogen) atoms. The van der Waals surface area contributed by atoms with Crippen LogP contribution in [0.2, 0.25) is 0 Å². The molecule has 0 amide bonds. The van der Waals surface area contributed by atoms with Gasteiger partial charge in [-0.2, -0.15) is 0 Å². The van der Waals surface area contributed by atoms with Gasteiger partial charge in [-0.15, -0.1) is 0 Å². The van der Waals surface area contributed by atoms with Crippen LogP contribution in [0.5, 0.6) is 0 Å². The standard InChI is InChI=1S/C26H24N2O2/c1-17(2)22-14-21-9-5-11-28-25(21)23(15-22)19-7-3-8-20(13-19)24(26(29)30)12-18-6-4-10-27-16-18/h3-11,13-17,24H,12H2,1-2H3,(H,29,30). The Bertz CT molecular complexity index is 1190. The van der Waals surface area contributed by atoms with Crippen molar-refractivity contribution in [1.29, 1.82) is 0 Å². The molecule has 0 spiro atoms. The summed E-state index contributed by atoms with van der Waals surface area (Å²) in [5.74, 6) is -1.09. The lowest BCUT2D eigenvalue weighted by atomic mass is 9.89. The van der Waals surface area contributed by atoms with Crippen LogP contribution < -0.4 is 0 Å². The van der Waals surface area contributed by atoms with Gasteiger partial charge in [0.15, 0.2) is 0 Å². The second kappa shape index (κ2) is 8.46. The summed E-state index contributed by atoms with van der Waals surface area (Å²) in [5.41, 5.74) is 5.87. The van der Waals surface area contributed by atoms with E-state index in [-0.39, 0.29) is 0 Å². The number of rotatable bonds is 6. The van der Waals surface area contributed by atoms with Gasteiger partial charge in [-0.25, -0.2) is 0 Å². The van der Waals surface area contributed by atoms with Gasteiger partial charge in [-0.3, -0.25) is 14.8 Å². The first-order chi connectivity index (χ1) is 14.5. The summed E-state index contributed by atoms with van der Waals surface area (Å²) in [7, 11) is 0. The van der Waals surface area contributed by atoms with Crippen molar-refractivity contribution in [2.45, 2.75) is 32.1 Å². The average molecular weight is 396 g/mol. The molecule has 1 atom stereocenters. The van der Waals surface area contributed by atoms with Crippen LogP contribution in [0.1, 0.15) is 42.4 Å². The molecule has 0 fully saturated rings. The van der Waals surface area contributed by atoms with Gasteiger partial charge in [0.05, 0.1) is 11.4 Å². The fourth-order valence-corrected chi connectivity index (χ4v) is 3.79. The first kappa shape index (κ1) is 19.8. The van der Waals surface area contributed by atoms with E-state index >= 15 is 0 Å². The van der Waals surface area contributed by atoms with Gasteiger partial charge in [-0.1, -0.05) is 50.2 Å². The Morgan fingerprint density at radius 2 is 1.80 bits per heavy atom. The van der Waals surface area contributed by atoms with E-state index in [0.717, 1.165) is 33.2 Å². The van der Waals surface area contributed by atoms with Gasteiger partial charge in [0.25, 0.3) is 0 Å². The lowest BCUT2D eigenvalue weighted by Crippen LogP contribution is -2.14. The van der Waals surface area contributed by atoms with Crippen molar-refractivity contribution in [2.24, 2.45) is 0 Å². The zero-order valence-electron chi connectivity index (χ0n) is 17.1. The van der Waals surface area contributed by atoms with Gasteiger partial charge in [0.1, 0.15) is 0 Å². The highest BCUT2D eigenvalue weighted by atomic mass is 16.4. The zero-order valence-corrected chi connectivity index (χ0v) is 17.1. The molecule has 0 bridgehead atoms. The number of aromatic nitrogens is 2. The number of benzene rings is 2. The Balaban J connectivity index is 1.80. The van der Waals surface area contributed by atoms with Crippen LogP contribution in [0, 0.1) is 0 Å². The molecule has 1 N–H and O–H groups in total. The predicted molar refractivity (Wildman–Crippen MR) is 120 cm³/mol. The van der Waals surface area contributed by atoms with E-state index in [4.69, 9.17) is 0 Å². The number of pyridine rings is 2. The smallest absolute Gasteiger partial charge is 0.311 e. The molecule has 4 rings (SSSR count). The van der Waals surface area contributed by atoms with Crippen molar-refractivity contribution in [1.82, 2.24) is 9.97 Å². The molecule has 2 aromatic carbocycles. The number of carbonyl (C=O) groups is 1. The molecule has 0 aliphatic rings. The largest absolute Gasteiger partial charge is 0.481 e. The van der Waals surface area contributed by atoms with E-state index in [9.17, 15) is 9.90 Å². The normalized spacial score (nSPS) is 12.2. The molecule has 0 saturated heterocycles. The Hall–Kier alpha value is -3.53. The third-order valence-corrected chi connectivity index (χ3v) is 5.45. The van der Waals surface area contributed by atoms with E-state index in [2.05, 4.69) is 42.0 Å². The number of carboxylic acid groups (broad SMARTS) is 1. The Labute approximate surface area is 176 Å². The second-order valence-electron chi connectivity index (χ2n) is 7.88. The average Bonchev–Trinajstić information content (AvgIpc) is 2.77. The molecule has 2 aromatic heterocycles. The number of carboxylic acids is 1. The molecule has 2 heterocycles. The third kappa shape index (κ3) is 4.08. The van der Waals surface area contributed by atoms with Crippen LogP contribution in [-0.2, 0) is 11.2 Å². The molecule has 0 aliphatic carbocycles. The number of fused-ring (bicyclic) bond motifs is 1. The summed E-state index contributed by atoms with van der Waals surface area (Å²) in [4.78, 5) is 20.8. The molecule has 0 aliphatic heterocycles. The summed E-state index contributed by atoms with van der Waals surface area (Å²) in [5, 5.41) is 11.0. The molecule has 4 heteroatoms. The quantitative estimate of drug-likeness (QED) is 0.445. The Morgan fingerprint density at radius 3 is 2.53 bits per heavy atom. The molecular formula is C26H24N2O2. The lowest BCUT2D eigenvalue weighted by Gasteiger charge is -2.16. The first-order valence-electron chi connectivity index (χ1n) is 10.1. The highest BCUT2D eigenvalue weighted by molar-refractivity contribution is 5.94. The van der Waals surface area contributed by atoms with Crippen molar-refractivity contribution in [3.05, 3.63) is 95.9 Å². The van der Waals surface area contributed by atoms with E-state index in [1.165, 1.54) is 5.56 Å². The van der Waals surface area contributed by atoms with Gasteiger partial charge >= 0.3 is 5.97 Å². The summed E-state index contributed by atoms with van der Waals surface area (Å²) < 4.78 is 0. The Kier molecular flexibility index (Phi) is 5.57. The molecule has 1 unspecified atom stereocenters. The summed E-state index contributed by atoms with van der Waals surface area (Å²) in [6, 6.07) is 20.0. The van der Waals surface area contributed by atoms with Gasteiger partial charge in [-0.05, 0) is 58.9 Å². The molecular weight excluding hydrogens is 372 g/mol. The van der Waals surface area contributed by atoms with Gasteiger partial charge in [0.2, 0.25) is 0 Å². The van der Waals surface area contributed by atoms with Crippen LogP contribution in [0.25, 0.3) is 22.0 Å². The van der Waals surface area contributed by atoms with Crippen molar-refractivity contribution in [3.8, 4) is 11.1 Å². The number of hydrogen-bond donors (Lipinski definition) is 1. The minimum absolute atomic E-state index is 0.383. The fourth-order valence-electron chi connectivity index (χ4n) is 3.79. The van der Waals surface area contributed by atoms with Gasteiger partial charge in [0, 0.05) is 29.5 Å². The number of aliphatic carboxylic acids is 1. The molecule has 0 saturated carbocycles. The predicted octanol–water partition coefficient (Wildman–Crippen LogP) is 5.83. The van der Waals surface area contributed by atoms with Crippen molar-refractivity contribution in [3.63, 3.8) is 0 Å². The zero-order chi connectivity index (χ0) is 21.1. The van der Waals surface area contributed by atoms with Crippen molar-refractivity contribution >= 4 is 16.9 Å². The highest BCUT2D eigenvalue weighted by Gasteiger charge is 2.21. The maximum Gasteiger partial charge on any atom is 0.311 e. The van der Waals surface area contributed by atoms with E-state index < -0.39 is 11.9 Å². The maximum absolute atomic E-state index is 12.1. The van der Waals surface area contributed by atoms with E-state index in [1.807, 2.05) is 42.5 Å². The summed E-state index contributed by atoms with van der Waals surface area (Å²) >= 11 is 0. The SMILES string of the molecule is CC(C)c1cc(-c2cccc(C(Cc3cccnc3)C(=O)O)c2)c2ncccc2c1. The lowest BCUT2D eigenvalue weighted by molar-refractivity contribution is -0.138. The molecule has 0 radical (unpaired) electrons.